The fourth-order valence-corrected chi connectivity index (χ4v) is 2.72. The van der Waals surface area contributed by atoms with Gasteiger partial charge in [0.1, 0.15) is 0 Å². The zero-order chi connectivity index (χ0) is 14.7. The van der Waals surface area contributed by atoms with E-state index in [1.807, 2.05) is 18.2 Å². The molecule has 0 aliphatic carbocycles. The van der Waals surface area contributed by atoms with Gasteiger partial charge < -0.3 is 0 Å². The fraction of sp³-hybridized carbons (Fsp3) is 0.357. The van der Waals surface area contributed by atoms with Gasteiger partial charge in [0.2, 0.25) is 0 Å². The normalized spacial score (nSPS) is 15.0. The molecule has 0 bridgehead atoms. The Morgan fingerprint density at radius 3 is 2.71 bits per heavy atom. The number of hydrogen-bond acceptors (Lipinski definition) is 6. The number of anilines is 1. The van der Waals surface area contributed by atoms with Crippen LogP contribution >= 0.6 is 0 Å². The van der Waals surface area contributed by atoms with Crippen molar-refractivity contribution in [1.29, 1.82) is 0 Å². The van der Waals surface area contributed by atoms with Crippen LogP contribution in [0.15, 0.2) is 24.4 Å². The van der Waals surface area contributed by atoms with E-state index in [2.05, 4.69) is 42.0 Å². The molecule has 3 heterocycles. The van der Waals surface area contributed by atoms with Gasteiger partial charge >= 0.3 is 132 Å². The van der Waals surface area contributed by atoms with Gasteiger partial charge in [0, 0.05) is 0 Å². The first-order valence-electron chi connectivity index (χ1n) is 6.80. The number of methoxy groups -OCH3 is 1. The molecule has 21 heavy (non-hydrogen) atoms. The molecule has 0 aromatic carbocycles. The molecule has 2 aromatic rings. The Hall–Kier alpha value is -1.65. The van der Waals surface area contributed by atoms with E-state index in [9.17, 15) is 0 Å². The number of pyridine rings is 1. The molecule has 7 heteroatoms. The van der Waals surface area contributed by atoms with Gasteiger partial charge in [-0.1, -0.05) is 0 Å². The molecule has 6 nitrogen and oxygen atoms in total. The van der Waals surface area contributed by atoms with E-state index in [4.69, 9.17) is 4.74 Å². The standard InChI is InChI=1S/C14H16AsN5O/c1-21-13-3-2-10(9-17-13)11-8-12(19-14(15)18-11)20-6-4-16-5-7-20/h2-3,8-9,16H,4-7H2,1H3. The van der Waals surface area contributed by atoms with E-state index in [1.165, 1.54) is 0 Å². The van der Waals surface area contributed by atoms with Gasteiger partial charge in [0.05, 0.1) is 0 Å². The Balaban J connectivity index is 1.92. The number of hydrogen-bond donors (Lipinski definition) is 1. The first-order chi connectivity index (χ1) is 10.3. The van der Waals surface area contributed by atoms with Crippen molar-refractivity contribution in [3.8, 4) is 17.1 Å². The molecule has 2 radical (unpaired) electrons. The van der Waals surface area contributed by atoms with Crippen LogP contribution in [0.2, 0.25) is 0 Å². The van der Waals surface area contributed by atoms with Crippen LogP contribution < -0.4 is 19.6 Å². The van der Waals surface area contributed by atoms with Crippen molar-refractivity contribution in [1.82, 2.24) is 20.3 Å². The Morgan fingerprint density at radius 2 is 2.05 bits per heavy atom. The van der Waals surface area contributed by atoms with Crippen LogP contribution in [0.4, 0.5) is 5.82 Å². The van der Waals surface area contributed by atoms with Gasteiger partial charge in [-0.2, -0.15) is 0 Å². The van der Waals surface area contributed by atoms with Crippen LogP contribution in [0.5, 0.6) is 5.88 Å². The second kappa shape index (κ2) is 6.41. The monoisotopic (exact) mass is 345 g/mol. The van der Waals surface area contributed by atoms with E-state index in [-0.39, 0.29) is 0 Å². The molecule has 1 fully saturated rings. The van der Waals surface area contributed by atoms with Gasteiger partial charge in [-0.25, -0.2) is 0 Å². The third kappa shape index (κ3) is 3.33. The maximum atomic E-state index is 5.09. The summed E-state index contributed by atoms with van der Waals surface area (Å²) in [6, 6.07) is 5.82. The van der Waals surface area contributed by atoms with Crippen molar-refractivity contribution >= 4 is 27.3 Å². The molecule has 0 unspecified atom stereocenters. The summed E-state index contributed by atoms with van der Waals surface area (Å²) in [4.78, 5) is 15.5. The molecule has 1 aliphatic rings. The van der Waals surface area contributed by atoms with Gasteiger partial charge in [-0.15, -0.1) is 0 Å². The van der Waals surface area contributed by atoms with E-state index >= 15 is 0 Å². The zero-order valence-electron chi connectivity index (χ0n) is 11.8. The summed E-state index contributed by atoms with van der Waals surface area (Å²) in [5.74, 6) is 1.57. The average Bonchev–Trinajstić information content (AvgIpc) is 2.55. The predicted molar refractivity (Wildman–Crippen MR) is 82.3 cm³/mol. The minimum absolute atomic E-state index is 0.600. The number of ether oxygens (including phenoxy) is 1. The van der Waals surface area contributed by atoms with Crippen molar-refractivity contribution in [2.24, 2.45) is 0 Å². The Bertz CT molecular complexity index is 613. The fourth-order valence-electron chi connectivity index (χ4n) is 2.28. The third-order valence-electron chi connectivity index (χ3n) is 3.38. The zero-order valence-corrected chi connectivity index (χ0v) is 13.7. The summed E-state index contributed by atoms with van der Waals surface area (Å²) in [7, 11) is 1.61. The van der Waals surface area contributed by atoms with Crippen molar-refractivity contribution in [3.63, 3.8) is 0 Å². The predicted octanol–water partition coefficient (Wildman–Crippen LogP) is -0.249. The SMILES string of the molecule is COc1ccc(-c2cc(N3CCNCC3)nc([As])n2)cn1. The minimum atomic E-state index is 0.600. The van der Waals surface area contributed by atoms with Crippen LogP contribution in [0.3, 0.4) is 0 Å². The van der Waals surface area contributed by atoms with E-state index in [1.54, 1.807) is 13.3 Å². The Morgan fingerprint density at radius 1 is 1.24 bits per heavy atom. The summed E-state index contributed by atoms with van der Waals surface area (Å²) in [6.07, 6.45) is 1.77. The number of rotatable bonds is 3. The van der Waals surface area contributed by atoms with E-state index < -0.39 is 0 Å². The summed E-state index contributed by atoms with van der Waals surface area (Å²) < 4.78 is 5.80. The van der Waals surface area contributed by atoms with Crippen molar-refractivity contribution in [2.45, 2.75) is 0 Å². The molecule has 108 valence electrons. The van der Waals surface area contributed by atoms with Gasteiger partial charge in [0.15, 0.2) is 0 Å². The second-order valence-corrected chi connectivity index (χ2v) is 5.58. The molecule has 1 N–H and O–H groups in total. The van der Waals surface area contributed by atoms with Crippen LogP contribution in [0.25, 0.3) is 11.3 Å². The van der Waals surface area contributed by atoms with Crippen LogP contribution in [-0.4, -0.2) is 65.1 Å². The summed E-state index contributed by atoms with van der Waals surface area (Å²) in [6.45, 7) is 3.89. The Kier molecular flexibility index (Phi) is 4.36. The second-order valence-electron chi connectivity index (χ2n) is 4.74. The Labute approximate surface area is 132 Å². The van der Waals surface area contributed by atoms with Crippen molar-refractivity contribution < 1.29 is 4.74 Å². The summed E-state index contributed by atoms with van der Waals surface area (Å²) in [5.41, 5.74) is 1.84. The molecule has 3 rings (SSSR count). The van der Waals surface area contributed by atoms with E-state index in [0.717, 1.165) is 43.3 Å². The summed E-state index contributed by atoms with van der Waals surface area (Å²) >= 11 is 2.41. The first kappa shape index (κ1) is 14.3. The van der Waals surface area contributed by atoms with Gasteiger partial charge in [-0.05, 0) is 0 Å². The van der Waals surface area contributed by atoms with Crippen LogP contribution in [0, 0.1) is 0 Å². The number of nitrogens with one attached hydrogen (secondary N) is 1. The van der Waals surface area contributed by atoms with Crippen molar-refractivity contribution in [3.05, 3.63) is 24.4 Å². The molecule has 0 amide bonds. The molecule has 1 aliphatic heterocycles. The van der Waals surface area contributed by atoms with Crippen molar-refractivity contribution in [2.75, 3.05) is 38.2 Å². The molecule has 0 spiro atoms. The number of nitrogens with zero attached hydrogens (tertiary/aromatic N) is 4. The first-order valence-corrected chi connectivity index (χ1v) is 7.74. The molecule has 1 saturated heterocycles. The quantitative estimate of drug-likeness (QED) is 0.775. The van der Waals surface area contributed by atoms with Gasteiger partial charge in [-0.3, -0.25) is 0 Å². The molecule has 0 atom stereocenters. The van der Waals surface area contributed by atoms with Crippen LogP contribution in [-0.2, 0) is 0 Å². The van der Waals surface area contributed by atoms with Gasteiger partial charge in [0.25, 0.3) is 0 Å². The topological polar surface area (TPSA) is 63.2 Å². The maximum absolute atomic E-state index is 5.09. The summed E-state index contributed by atoms with van der Waals surface area (Å²) in [5, 5.41) is 3.35. The number of piperazine rings is 1. The molecular weight excluding hydrogens is 329 g/mol. The number of aromatic nitrogens is 3. The molecule has 2 aromatic heterocycles. The van der Waals surface area contributed by atoms with Crippen LogP contribution in [0.1, 0.15) is 0 Å². The van der Waals surface area contributed by atoms with E-state index in [0.29, 0.717) is 10.5 Å². The molecule has 0 saturated carbocycles. The molecular formula is C14H16AsN5O. The third-order valence-corrected chi connectivity index (χ3v) is 3.80. The average molecular weight is 345 g/mol.